The molecule has 0 aliphatic heterocycles. The van der Waals surface area contributed by atoms with Gasteiger partial charge in [0.1, 0.15) is 0 Å². The lowest BCUT2D eigenvalue weighted by Crippen LogP contribution is -2.27. The second-order valence-corrected chi connectivity index (χ2v) is 3.94. The van der Waals surface area contributed by atoms with Gasteiger partial charge in [0.05, 0.1) is 6.61 Å². The molecule has 17 heavy (non-hydrogen) atoms. The highest BCUT2D eigenvalue weighted by Crippen LogP contribution is 2.08. The number of rotatable bonds is 7. The van der Waals surface area contributed by atoms with E-state index in [-0.39, 0.29) is 12.5 Å². The van der Waals surface area contributed by atoms with Crippen LogP contribution in [0.15, 0.2) is 36.1 Å². The molecule has 0 aliphatic rings. The van der Waals surface area contributed by atoms with E-state index in [1.54, 1.807) is 24.0 Å². The number of carbonyl (C=O) groups is 1. The number of hydrogen-bond donors (Lipinski definition) is 1. The van der Waals surface area contributed by atoms with E-state index in [4.69, 9.17) is 5.11 Å². The van der Waals surface area contributed by atoms with Crippen molar-refractivity contribution in [3.63, 3.8) is 0 Å². The first-order chi connectivity index (χ1) is 8.06. The van der Waals surface area contributed by atoms with Crippen molar-refractivity contribution in [1.29, 1.82) is 0 Å². The van der Waals surface area contributed by atoms with Crippen LogP contribution in [0.1, 0.15) is 33.6 Å². The molecule has 3 nitrogen and oxygen atoms in total. The zero-order chi connectivity index (χ0) is 13.3. The van der Waals surface area contributed by atoms with Crippen LogP contribution in [0.3, 0.4) is 0 Å². The van der Waals surface area contributed by atoms with Gasteiger partial charge in [-0.25, -0.2) is 0 Å². The fourth-order valence-electron chi connectivity index (χ4n) is 1.40. The van der Waals surface area contributed by atoms with Crippen molar-refractivity contribution in [2.75, 3.05) is 13.2 Å². The number of aliphatic hydroxyl groups excluding tert-OH is 1. The summed E-state index contributed by atoms with van der Waals surface area (Å²) in [6.45, 7) is 9.86. The molecular weight excluding hydrogens is 214 g/mol. The highest BCUT2D eigenvalue weighted by atomic mass is 16.3. The SMILES string of the molecule is C=C/C(=C\C=C(/C)N(CCCC)C(C)=O)CO. The Morgan fingerprint density at radius 3 is 2.41 bits per heavy atom. The van der Waals surface area contributed by atoms with Crippen molar-refractivity contribution in [3.05, 3.63) is 36.1 Å². The van der Waals surface area contributed by atoms with E-state index >= 15 is 0 Å². The normalized spacial score (nSPS) is 12.5. The summed E-state index contributed by atoms with van der Waals surface area (Å²) in [5.74, 6) is 0.0461. The second-order valence-electron chi connectivity index (χ2n) is 3.94. The molecule has 0 saturated carbocycles. The van der Waals surface area contributed by atoms with Gasteiger partial charge in [0.2, 0.25) is 5.91 Å². The highest BCUT2D eigenvalue weighted by molar-refractivity contribution is 5.75. The van der Waals surface area contributed by atoms with Crippen LogP contribution in [0.4, 0.5) is 0 Å². The fraction of sp³-hybridized carbons (Fsp3) is 0.500. The first kappa shape index (κ1) is 15.7. The van der Waals surface area contributed by atoms with Crippen molar-refractivity contribution in [1.82, 2.24) is 4.90 Å². The van der Waals surface area contributed by atoms with Gasteiger partial charge in [0.25, 0.3) is 0 Å². The number of carbonyl (C=O) groups excluding carboxylic acids is 1. The first-order valence-corrected chi connectivity index (χ1v) is 5.95. The average Bonchev–Trinajstić information content (AvgIpc) is 2.30. The molecule has 0 aromatic rings. The summed E-state index contributed by atoms with van der Waals surface area (Å²) in [5.41, 5.74) is 1.63. The van der Waals surface area contributed by atoms with E-state index in [0.717, 1.165) is 30.7 Å². The highest BCUT2D eigenvalue weighted by Gasteiger charge is 2.08. The van der Waals surface area contributed by atoms with Gasteiger partial charge >= 0.3 is 0 Å². The minimum Gasteiger partial charge on any atom is -0.392 e. The maximum Gasteiger partial charge on any atom is 0.223 e. The van der Waals surface area contributed by atoms with Crippen LogP contribution < -0.4 is 0 Å². The molecule has 1 amide bonds. The van der Waals surface area contributed by atoms with E-state index in [0.29, 0.717) is 0 Å². The van der Waals surface area contributed by atoms with Crippen LogP contribution in [0.25, 0.3) is 0 Å². The Hall–Kier alpha value is -1.35. The minimum absolute atomic E-state index is 0.0394. The smallest absolute Gasteiger partial charge is 0.223 e. The van der Waals surface area contributed by atoms with Crippen molar-refractivity contribution in [2.45, 2.75) is 33.6 Å². The van der Waals surface area contributed by atoms with Gasteiger partial charge < -0.3 is 10.0 Å². The quantitative estimate of drug-likeness (QED) is 0.691. The average molecular weight is 237 g/mol. The second kappa shape index (κ2) is 8.76. The van der Waals surface area contributed by atoms with Crippen LogP contribution in [-0.4, -0.2) is 29.1 Å². The molecule has 0 radical (unpaired) electrons. The van der Waals surface area contributed by atoms with Gasteiger partial charge in [0.15, 0.2) is 0 Å². The van der Waals surface area contributed by atoms with Crippen molar-refractivity contribution in [3.8, 4) is 0 Å². The number of unbranched alkanes of at least 4 members (excludes halogenated alkanes) is 1. The zero-order valence-corrected chi connectivity index (χ0v) is 11.1. The van der Waals surface area contributed by atoms with Gasteiger partial charge in [-0.3, -0.25) is 4.79 Å². The molecule has 0 saturated heterocycles. The monoisotopic (exact) mass is 237 g/mol. The van der Waals surface area contributed by atoms with E-state index < -0.39 is 0 Å². The van der Waals surface area contributed by atoms with Gasteiger partial charge in [-0.15, -0.1) is 0 Å². The molecule has 0 spiro atoms. The standard InChI is InChI=1S/C14H23NO2/c1-5-7-10-15(13(4)17)12(3)8-9-14(6-2)11-16/h6,8-9,16H,2,5,7,10-11H2,1,3-4H3/b12-8+,14-9+. The molecule has 0 aromatic carbocycles. The topological polar surface area (TPSA) is 40.5 Å². The molecule has 0 atom stereocenters. The Morgan fingerprint density at radius 2 is 2.00 bits per heavy atom. The lowest BCUT2D eigenvalue weighted by Gasteiger charge is -2.21. The van der Waals surface area contributed by atoms with Gasteiger partial charge in [0, 0.05) is 19.2 Å². The molecule has 0 fully saturated rings. The molecule has 0 heterocycles. The van der Waals surface area contributed by atoms with Crippen LogP contribution in [0.2, 0.25) is 0 Å². The third kappa shape index (κ3) is 6.07. The largest absolute Gasteiger partial charge is 0.392 e. The summed E-state index contributed by atoms with van der Waals surface area (Å²) in [4.78, 5) is 13.2. The van der Waals surface area contributed by atoms with Gasteiger partial charge in [-0.1, -0.05) is 32.1 Å². The van der Waals surface area contributed by atoms with Crippen LogP contribution >= 0.6 is 0 Å². The van der Waals surface area contributed by atoms with Crippen LogP contribution in [0, 0.1) is 0 Å². The predicted octanol–water partition coefficient (Wildman–Crippen LogP) is 2.64. The van der Waals surface area contributed by atoms with Crippen LogP contribution in [0.5, 0.6) is 0 Å². The zero-order valence-electron chi connectivity index (χ0n) is 11.1. The third-order valence-corrected chi connectivity index (χ3v) is 2.52. The molecule has 3 heteroatoms. The summed E-state index contributed by atoms with van der Waals surface area (Å²) in [6.07, 6.45) is 7.27. The summed E-state index contributed by atoms with van der Waals surface area (Å²) >= 11 is 0. The van der Waals surface area contributed by atoms with Gasteiger partial charge in [-0.05, 0) is 25.0 Å². The van der Waals surface area contributed by atoms with E-state index in [1.807, 2.05) is 13.0 Å². The van der Waals surface area contributed by atoms with Crippen molar-refractivity contribution in [2.24, 2.45) is 0 Å². The summed E-state index contributed by atoms with van der Waals surface area (Å²) in [7, 11) is 0. The van der Waals surface area contributed by atoms with Crippen molar-refractivity contribution >= 4 is 5.91 Å². The number of allylic oxidation sites excluding steroid dienone is 3. The Balaban J connectivity index is 4.75. The maximum absolute atomic E-state index is 11.5. The Bertz CT molecular complexity index is 316. The molecule has 0 rings (SSSR count). The summed E-state index contributed by atoms with van der Waals surface area (Å²) in [6, 6.07) is 0. The van der Waals surface area contributed by atoms with E-state index in [9.17, 15) is 4.79 Å². The number of nitrogens with zero attached hydrogens (tertiary/aromatic N) is 1. The van der Waals surface area contributed by atoms with Crippen LogP contribution in [-0.2, 0) is 4.79 Å². The lowest BCUT2D eigenvalue weighted by molar-refractivity contribution is -0.127. The van der Waals surface area contributed by atoms with E-state index in [2.05, 4.69) is 13.5 Å². The molecule has 0 bridgehead atoms. The molecular formula is C14H23NO2. The number of amides is 1. The summed E-state index contributed by atoms with van der Waals surface area (Å²) in [5, 5.41) is 8.98. The third-order valence-electron chi connectivity index (χ3n) is 2.52. The predicted molar refractivity (Wildman–Crippen MR) is 71.4 cm³/mol. The van der Waals surface area contributed by atoms with E-state index in [1.165, 1.54) is 0 Å². The Labute approximate surface area is 104 Å². The molecule has 0 aromatic heterocycles. The maximum atomic E-state index is 11.5. The molecule has 0 unspecified atom stereocenters. The summed E-state index contributed by atoms with van der Waals surface area (Å²) < 4.78 is 0. The minimum atomic E-state index is -0.0394. The number of aliphatic hydroxyl groups is 1. The molecule has 1 N–H and O–H groups in total. The van der Waals surface area contributed by atoms with Crippen molar-refractivity contribution < 1.29 is 9.90 Å². The number of hydrogen-bond acceptors (Lipinski definition) is 2. The fourth-order valence-corrected chi connectivity index (χ4v) is 1.40. The lowest BCUT2D eigenvalue weighted by atomic mass is 10.2. The van der Waals surface area contributed by atoms with Gasteiger partial charge in [-0.2, -0.15) is 0 Å². The Kier molecular flexibility index (Phi) is 8.07. The molecule has 96 valence electrons. The molecule has 0 aliphatic carbocycles. The Morgan fingerprint density at radius 1 is 1.35 bits per heavy atom. The first-order valence-electron chi connectivity index (χ1n) is 5.95.